The van der Waals surface area contributed by atoms with Gasteiger partial charge in [-0.1, -0.05) is 31.5 Å². The number of nitrogens with zero attached hydrogens (tertiary/aromatic N) is 1. The predicted octanol–water partition coefficient (Wildman–Crippen LogP) is 8.65. The van der Waals surface area contributed by atoms with Crippen LogP contribution in [0.2, 0.25) is 5.02 Å². The molecular weight excluding hydrogens is 600 g/mol. The van der Waals surface area contributed by atoms with Crippen molar-refractivity contribution >= 4 is 23.3 Å². The molecule has 3 aromatic rings. The van der Waals surface area contributed by atoms with Crippen LogP contribution in [0.15, 0.2) is 48.7 Å². The third-order valence-corrected chi connectivity index (χ3v) is 10.4. The van der Waals surface area contributed by atoms with Crippen molar-refractivity contribution in [2.45, 2.75) is 103 Å². The van der Waals surface area contributed by atoms with Gasteiger partial charge in [-0.25, -0.2) is 4.79 Å². The van der Waals surface area contributed by atoms with Crippen molar-refractivity contribution in [3.63, 3.8) is 0 Å². The molecule has 0 saturated heterocycles. The Morgan fingerprint density at radius 3 is 2.78 bits per heavy atom. The number of carbonyl (C=O) groups is 1. The number of pyridine rings is 1. The summed E-state index contributed by atoms with van der Waals surface area (Å²) >= 11 is 6.30. The Kier molecular flexibility index (Phi) is 9.98. The van der Waals surface area contributed by atoms with E-state index in [1.165, 1.54) is 23.2 Å². The Hall–Kier alpha value is -3.45. The molecule has 46 heavy (non-hydrogen) atoms. The Morgan fingerprint density at radius 2 is 1.96 bits per heavy atom. The van der Waals surface area contributed by atoms with Gasteiger partial charge in [0.05, 0.1) is 19.3 Å². The van der Waals surface area contributed by atoms with Gasteiger partial charge in [-0.15, -0.1) is 0 Å². The molecule has 5 atom stereocenters. The molecule has 0 spiro atoms. The summed E-state index contributed by atoms with van der Waals surface area (Å²) in [5.41, 5.74) is 4.37. The molecule has 0 bridgehead atoms. The molecule has 2 aromatic carbocycles. The SMILES string of the molecule is C[C@@H](COc1ccnc2c1[C@H](C)CCC2)C[C@@H]1CC[C@@](Nc2cccc(Cl)c2)(C(=O)O)CCc2cc3c(cc2C1)O[C@H](C)CCO3. The van der Waals surface area contributed by atoms with Gasteiger partial charge in [-0.05, 0) is 130 Å². The Labute approximate surface area is 278 Å². The average molecular weight is 647 g/mol. The molecule has 246 valence electrons. The van der Waals surface area contributed by atoms with E-state index in [-0.39, 0.29) is 17.9 Å². The molecule has 0 saturated carbocycles. The van der Waals surface area contributed by atoms with Crippen molar-refractivity contribution in [1.82, 2.24) is 4.98 Å². The zero-order valence-corrected chi connectivity index (χ0v) is 28.1. The maximum absolute atomic E-state index is 13.1. The Morgan fingerprint density at radius 1 is 1.11 bits per heavy atom. The molecule has 0 amide bonds. The van der Waals surface area contributed by atoms with Gasteiger partial charge in [0.1, 0.15) is 11.3 Å². The highest BCUT2D eigenvalue weighted by atomic mass is 35.5. The van der Waals surface area contributed by atoms with Gasteiger partial charge in [-0.3, -0.25) is 4.98 Å². The van der Waals surface area contributed by atoms with Crippen LogP contribution in [-0.4, -0.2) is 40.9 Å². The smallest absolute Gasteiger partial charge is 0.329 e. The maximum Gasteiger partial charge on any atom is 0.329 e. The monoisotopic (exact) mass is 646 g/mol. The van der Waals surface area contributed by atoms with Crippen molar-refractivity contribution in [2.75, 3.05) is 18.5 Å². The van der Waals surface area contributed by atoms with Crippen molar-refractivity contribution in [2.24, 2.45) is 11.8 Å². The molecule has 2 heterocycles. The van der Waals surface area contributed by atoms with Crippen LogP contribution < -0.4 is 19.5 Å². The lowest BCUT2D eigenvalue weighted by atomic mass is 9.82. The Balaban J connectivity index is 1.27. The number of benzene rings is 2. The predicted molar refractivity (Wildman–Crippen MR) is 182 cm³/mol. The minimum atomic E-state index is -1.14. The van der Waals surface area contributed by atoms with Crippen LogP contribution in [0.3, 0.4) is 0 Å². The van der Waals surface area contributed by atoms with Gasteiger partial charge in [0, 0.05) is 34.6 Å². The quantitative estimate of drug-likeness (QED) is 0.253. The van der Waals surface area contributed by atoms with Crippen molar-refractivity contribution < 1.29 is 24.1 Å². The number of fused-ring (bicyclic) bond motifs is 3. The van der Waals surface area contributed by atoms with Gasteiger partial charge in [-0.2, -0.15) is 0 Å². The largest absolute Gasteiger partial charge is 0.493 e. The van der Waals surface area contributed by atoms with Crippen LogP contribution in [0, 0.1) is 11.8 Å². The number of halogens is 1. The number of nitrogens with one attached hydrogen (secondary N) is 1. The van der Waals surface area contributed by atoms with E-state index in [2.05, 4.69) is 43.2 Å². The molecule has 1 aromatic heterocycles. The fourth-order valence-corrected chi connectivity index (χ4v) is 7.78. The number of ether oxygens (including phenoxy) is 3. The maximum atomic E-state index is 13.1. The Bertz CT molecular complexity index is 1550. The molecule has 8 heteroatoms. The zero-order chi connectivity index (χ0) is 32.3. The van der Waals surface area contributed by atoms with Crippen LogP contribution >= 0.6 is 11.6 Å². The number of aromatic nitrogens is 1. The van der Waals surface area contributed by atoms with E-state index in [0.29, 0.717) is 43.4 Å². The number of hydrogen-bond donors (Lipinski definition) is 2. The molecule has 0 unspecified atom stereocenters. The topological polar surface area (TPSA) is 89.9 Å². The molecule has 2 N–H and O–H groups in total. The molecule has 0 radical (unpaired) electrons. The van der Waals surface area contributed by atoms with E-state index in [4.69, 9.17) is 25.8 Å². The van der Waals surface area contributed by atoms with Crippen LogP contribution in [0.4, 0.5) is 5.69 Å². The van der Waals surface area contributed by atoms with Crippen molar-refractivity contribution in [3.05, 3.63) is 76.1 Å². The second-order valence-corrected chi connectivity index (χ2v) is 14.3. The first-order valence-electron chi connectivity index (χ1n) is 17.0. The number of carboxylic acids is 1. The van der Waals surface area contributed by atoms with Gasteiger partial charge in [0.2, 0.25) is 0 Å². The summed E-state index contributed by atoms with van der Waals surface area (Å²) in [4.78, 5) is 17.8. The summed E-state index contributed by atoms with van der Waals surface area (Å²) in [6.45, 7) is 7.80. The number of anilines is 1. The number of carboxylic acid groups (broad SMARTS) is 1. The second kappa shape index (κ2) is 14.1. The average Bonchev–Trinajstić information content (AvgIpc) is 3.16. The number of rotatable bonds is 8. The molecule has 3 aliphatic rings. The first-order valence-corrected chi connectivity index (χ1v) is 17.4. The van der Waals surface area contributed by atoms with Gasteiger partial charge in [0.15, 0.2) is 11.5 Å². The van der Waals surface area contributed by atoms with Crippen molar-refractivity contribution in [1.29, 1.82) is 0 Å². The zero-order valence-electron chi connectivity index (χ0n) is 27.3. The summed E-state index contributed by atoms with van der Waals surface area (Å²) in [7, 11) is 0. The van der Waals surface area contributed by atoms with E-state index >= 15 is 0 Å². The molecular formula is C38H47ClN2O5. The van der Waals surface area contributed by atoms with Crippen LogP contribution in [0.25, 0.3) is 0 Å². The first kappa shape index (κ1) is 32.5. The lowest BCUT2D eigenvalue weighted by Gasteiger charge is -2.33. The number of aryl methyl sites for hydroxylation is 2. The lowest BCUT2D eigenvalue weighted by Crippen LogP contribution is -2.47. The summed E-state index contributed by atoms with van der Waals surface area (Å²) in [6.07, 6.45) is 10.2. The third kappa shape index (κ3) is 7.41. The molecule has 7 nitrogen and oxygen atoms in total. The summed E-state index contributed by atoms with van der Waals surface area (Å²) in [5.74, 6) is 2.64. The third-order valence-electron chi connectivity index (χ3n) is 10.1. The highest BCUT2D eigenvalue weighted by Crippen LogP contribution is 2.41. The van der Waals surface area contributed by atoms with Gasteiger partial charge < -0.3 is 24.6 Å². The van der Waals surface area contributed by atoms with E-state index in [9.17, 15) is 9.90 Å². The molecule has 2 aliphatic carbocycles. The molecule has 6 rings (SSSR count). The first-order chi connectivity index (χ1) is 22.2. The summed E-state index contributed by atoms with van der Waals surface area (Å²) in [6, 6.07) is 13.6. The minimum absolute atomic E-state index is 0.0757. The minimum Gasteiger partial charge on any atom is -0.493 e. The van der Waals surface area contributed by atoms with Crippen LogP contribution in [-0.2, 0) is 24.1 Å². The molecule has 0 fully saturated rings. The van der Waals surface area contributed by atoms with E-state index < -0.39 is 11.5 Å². The summed E-state index contributed by atoms with van der Waals surface area (Å²) in [5, 5.41) is 14.8. The van der Waals surface area contributed by atoms with E-state index in [1.807, 2.05) is 24.4 Å². The fraction of sp³-hybridized carbons (Fsp3) is 0.526. The molecule has 1 aliphatic heterocycles. The number of hydrogen-bond acceptors (Lipinski definition) is 6. The lowest BCUT2D eigenvalue weighted by molar-refractivity contribution is -0.143. The summed E-state index contributed by atoms with van der Waals surface area (Å²) < 4.78 is 18.9. The highest BCUT2D eigenvalue weighted by molar-refractivity contribution is 6.30. The van der Waals surface area contributed by atoms with E-state index in [0.717, 1.165) is 67.0 Å². The van der Waals surface area contributed by atoms with Gasteiger partial charge >= 0.3 is 5.97 Å². The van der Waals surface area contributed by atoms with Crippen LogP contribution in [0.1, 0.15) is 94.0 Å². The van der Waals surface area contributed by atoms with Crippen molar-refractivity contribution in [3.8, 4) is 17.2 Å². The fourth-order valence-electron chi connectivity index (χ4n) is 7.59. The van der Waals surface area contributed by atoms with E-state index in [1.54, 1.807) is 12.1 Å². The standard InChI is InChI=1S/C38H47ClN2O5/c1-24(23-45-33-12-16-40-32-9-4-6-25(2)36(32)33)18-27-10-14-38(37(42)43,41-31-8-5-7-30(39)22-31)15-11-28-20-34-35(21-29(28)19-27)46-26(3)13-17-44-34/h5,7-8,12,16,20-22,24-27,41H,4,6,9-11,13-15,17-19,23H2,1-3H3,(H,42,43)/t24-,25-,26-,27+,38+/m1/s1. The second-order valence-electron chi connectivity index (χ2n) is 13.9. The normalized spacial score (nSPS) is 25.0. The van der Waals surface area contributed by atoms with Gasteiger partial charge in [0.25, 0.3) is 0 Å². The number of aliphatic carboxylic acids is 1. The highest BCUT2D eigenvalue weighted by Gasteiger charge is 2.40. The van der Waals surface area contributed by atoms with Crippen LogP contribution in [0.5, 0.6) is 17.2 Å².